The molecule has 0 aliphatic carbocycles. The van der Waals surface area contributed by atoms with Crippen molar-refractivity contribution in [2.75, 3.05) is 6.61 Å². The summed E-state index contributed by atoms with van der Waals surface area (Å²) < 4.78 is 11.5. The molecule has 2 aromatic rings. The zero-order valence-electron chi connectivity index (χ0n) is 14.0. The maximum atomic E-state index is 12.2. The van der Waals surface area contributed by atoms with E-state index in [0.29, 0.717) is 16.9 Å². The minimum absolute atomic E-state index is 0.0452. The van der Waals surface area contributed by atoms with Gasteiger partial charge in [-0.05, 0) is 55.5 Å². The van der Waals surface area contributed by atoms with Gasteiger partial charge in [0.25, 0.3) is 11.8 Å². The van der Waals surface area contributed by atoms with Crippen molar-refractivity contribution in [2.24, 2.45) is 0 Å². The van der Waals surface area contributed by atoms with E-state index in [4.69, 9.17) is 21.4 Å². The molecular weight excluding hydrogens is 436 g/mol. The molecule has 27 heavy (non-hydrogen) atoms. The summed E-state index contributed by atoms with van der Waals surface area (Å²) in [6, 6.07) is 8.34. The number of esters is 1. The third-order valence-electron chi connectivity index (χ3n) is 3.60. The first-order valence-electron chi connectivity index (χ1n) is 7.84. The van der Waals surface area contributed by atoms with Crippen LogP contribution in [0.3, 0.4) is 0 Å². The van der Waals surface area contributed by atoms with E-state index in [-0.39, 0.29) is 23.1 Å². The van der Waals surface area contributed by atoms with E-state index >= 15 is 0 Å². The summed E-state index contributed by atoms with van der Waals surface area (Å²) in [4.78, 5) is 36.0. The molecule has 9 heteroatoms. The van der Waals surface area contributed by atoms with Crippen molar-refractivity contribution in [1.82, 2.24) is 10.6 Å². The number of furan rings is 1. The van der Waals surface area contributed by atoms with Gasteiger partial charge in [0.1, 0.15) is 17.1 Å². The lowest BCUT2D eigenvalue weighted by Gasteiger charge is -2.15. The molecule has 2 amide bonds. The molecule has 0 atom stereocenters. The molecule has 1 fully saturated rings. The van der Waals surface area contributed by atoms with Crippen molar-refractivity contribution in [1.29, 1.82) is 0 Å². The van der Waals surface area contributed by atoms with Crippen molar-refractivity contribution >= 4 is 57.1 Å². The fraction of sp³-hybridized carbons (Fsp3) is 0.111. The Morgan fingerprint density at radius 2 is 1.93 bits per heavy atom. The molecule has 7 nitrogen and oxygen atoms in total. The molecule has 0 bridgehead atoms. The second kappa shape index (κ2) is 7.85. The number of benzene rings is 1. The first-order valence-corrected chi connectivity index (χ1v) is 9.04. The largest absolute Gasteiger partial charge is 0.462 e. The Labute approximate surface area is 167 Å². The number of carbonyl (C=O) groups is 3. The van der Waals surface area contributed by atoms with Crippen molar-refractivity contribution in [3.8, 4) is 11.3 Å². The fourth-order valence-electron chi connectivity index (χ4n) is 2.43. The van der Waals surface area contributed by atoms with Gasteiger partial charge in [0.05, 0.1) is 12.2 Å². The van der Waals surface area contributed by atoms with E-state index < -0.39 is 17.8 Å². The van der Waals surface area contributed by atoms with Crippen LogP contribution in [0.1, 0.15) is 23.0 Å². The molecule has 0 radical (unpaired) electrons. The van der Waals surface area contributed by atoms with Crippen molar-refractivity contribution < 1.29 is 23.5 Å². The Morgan fingerprint density at radius 3 is 2.59 bits per heavy atom. The molecule has 1 aromatic heterocycles. The third-order valence-corrected chi connectivity index (χ3v) is 4.30. The summed E-state index contributed by atoms with van der Waals surface area (Å²) in [5, 5.41) is 4.65. The monoisotopic (exact) mass is 448 g/mol. The lowest BCUT2D eigenvalue weighted by Crippen LogP contribution is -2.51. The van der Waals surface area contributed by atoms with Crippen LogP contribution in [0, 0.1) is 0 Å². The second-order valence-corrected chi connectivity index (χ2v) is 6.73. The summed E-state index contributed by atoms with van der Waals surface area (Å²) in [7, 11) is 0. The van der Waals surface area contributed by atoms with Crippen LogP contribution >= 0.6 is 28.1 Å². The number of thiocarbonyl (C=S) groups is 1. The van der Waals surface area contributed by atoms with E-state index in [1.807, 2.05) is 0 Å². The van der Waals surface area contributed by atoms with E-state index in [0.717, 1.165) is 4.47 Å². The maximum Gasteiger partial charge on any atom is 0.338 e. The van der Waals surface area contributed by atoms with Gasteiger partial charge in [-0.15, -0.1) is 0 Å². The van der Waals surface area contributed by atoms with Crippen LogP contribution in [0.15, 0.2) is 44.8 Å². The zero-order valence-corrected chi connectivity index (χ0v) is 16.4. The molecule has 1 aromatic carbocycles. The molecule has 0 unspecified atom stereocenters. The van der Waals surface area contributed by atoms with Gasteiger partial charge in [0, 0.05) is 10.0 Å². The summed E-state index contributed by atoms with van der Waals surface area (Å²) in [6.07, 6.45) is 1.30. The molecule has 138 valence electrons. The maximum absolute atomic E-state index is 12.2. The molecular formula is C18H13BrN2O5S. The van der Waals surface area contributed by atoms with Gasteiger partial charge in [0.15, 0.2) is 5.11 Å². The summed E-state index contributed by atoms with van der Waals surface area (Å²) in [5.74, 6) is -1.04. The smallest absolute Gasteiger partial charge is 0.338 e. The first kappa shape index (κ1) is 19.0. The van der Waals surface area contributed by atoms with E-state index in [1.54, 1.807) is 37.3 Å². The number of hydrogen-bond acceptors (Lipinski definition) is 6. The van der Waals surface area contributed by atoms with Crippen LogP contribution in [0.4, 0.5) is 0 Å². The van der Waals surface area contributed by atoms with Crippen molar-refractivity contribution in [2.45, 2.75) is 6.92 Å². The first-order chi connectivity index (χ1) is 12.9. The molecule has 0 saturated carbocycles. The third kappa shape index (κ3) is 4.15. The number of hydrogen-bond donors (Lipinski definition) is 2. The van der Waals surface area contributed by atoms with E-state index in [9.17, 15) is 14.4 Å². The topological polar surface area (TPSA) is 97.6 Å². The van der Waals surface area contributed by atoms with Crippen molar-refractivity contribution in [3.05, 3.63) is 51.7 Å². The molecule has 2 N–H and O–H groups in total. The van der Waals surface area contributed by atoms with Crippen LogP contribution in [0.5, 0.6) is 0 Å². The predicted molar refractivity (Wildman–Crippen MR) is 105 cm³/mol. The zero-order chi connectivity index (χ0) is 19.6. The molecule has 2 heterocycles. The molecule has 1 aliphatic rings. The number of halogens is 1. The standard InChI is InChI=1S/C18H13BrN2O5S/c1-2-25-17(24)12-7-9(19)3-5-11(12)14-6-4-10(26-14)8-13-15(22)20-18(27)21-16(13)23/h3-8H,2H2,1H3,(H2,20,21,22,23,27). The van der Waals surface area contributed by atoms with Gasteiger partial charge in [-0.2, -0.15) is 0 Å². The van der Waals surface area contributed by atoms with Gasteiger partial charge in [-0.1, -0.05) is 15.9 Å². The molecule has 3 rings (SSSR count). The predicted octanol–water partition coefficient (Wildman–Crippen LogP) is 2.80. The summed E-state index contributed by atoms with van der Waals surface area (Å²) in [6.45, 7) is 1.96. The Bertz CT molecular complexity index is 973. The summed E-state index contributed by atoms with van der Waals surface area (Å²) in [5.41, 5.74) is 0.726. The van der Waals surface area contributed by atoms with E-state index in [1.165, 1.54) is 6.08 Å². The lowest BCUT2D eigenvalue weighted by molar-refractivity contribution is -0.123. The number of carbonyl (C=O) groups excluding carboxylic acids is 3. The Morgan fingerprint density at radius 1 is 1.22 bits per heavy atom. The number of amides is 2. The minimum atomic E-state index is -0.613. The minimum Gasteiger partial charge on any atom is -0.462 e. The Kier molecular flexibility index (Phi) is 5.52. The SMILES string of the molecule is CCOC(=O)c1cc(Br)ccc1-c1ccc(C=C2C(=O)NC(=S)NC2=O)o1. The van der Waals surface area contributed by atoms with Crippen LogP contribution in [-0.4, -0.2) is 29.5 Å². The van der Waals surface area contributed by atoms with Crippen molar-refractivity contribution in [3.63, 3.8) is 0 Å². The highest BCUT2D eigenvalue weighted by Gasteiger charge is 2.26. The number of rotatable bonds is 4. The molecule has 1 saturated heterocycles. The Balaban J connectivity index is 1.96. The van der Waals surface area contributed by atoms with Crippen LogP contribution < -0.4 is 10.6 Å². The van der Waals surface area contributed by atoms with Gasteiger partial charge in [-0.25, -0.2) is 4.79 Å². The number of ether oxygens (including phenoxy) is 1. The van der Waals surface area contributed by atoms with Gasteiger partial charge < -0.3 is 9.15 Å². The molecule has 1 aliphatic heterocycles. The average molecular weight is 449 g/mol. The second-order valence-electron chi connectivity index (χ2n) is 5.41. The number of nitrogens with one attached hydrogen (secondary N) is 2. The lowest BCUT2D eigenvalue weighted by atomic mass is 10.1. The van der Waals surface area contributed by atoms with Gasteiger partial charge in [-0.3, -0.25) is 20.2 Å². The average Bonchev–Trinajstić information content (AvgIpc) is 3.06. The Hall–Kier alpha value is -2.78. The quantitative estimate of drug-likeness (QED) is 0.323. The molecule has 0 spiro atoms. The van der Waals surface area contributed by atoms with Gasteiger partial charge >= 0.3 is 5.97 Å². The van der Waals surface area contributed by atoms with Gasteiger partial charge in [0.2, 0.25) is 0 Å². The highest BCUT2D eigenvalue weighted by molar-refractivity contribution is 9.10. The van der Waals surface area contributed by atoms with E-state index in [2.05, 4.69) is 26.6 Å². The highest BCUT2D eigenvalue weighted by atomic mass is 79.9. The fourth-order valence-corrected chi connectivity index (χ4v) is 2.98. The van der Waals surface area contributed by atoms with Crippen LogP contribution in [0.25, 0.3) is 17.4 Å². The van der Waals surface area contributed by atoms with Crippen LogP contribution in [0.2, 0.25) is 0 Å². The summed E-state index contributed by atoms with van der Waals surface area (Å²) >= 11 is 8.08. The normalized spacial score (nSPS) is 13.9. The highest BCUT2D eigenvalue weighted by Crippen LogP contribution is 2.29. The van der Waals surface area contributed by atoms with Crippen LogP contribution in [-0.2, 0) is 14.3 Å².